The zero-order valence-electron chi connectivity index (χ0n) is 8.47. The van der Waals surface area contributed by atoms with E-state index < -0.39 is 0 Å². The molecule has 0 saturated heterocycles. The van der Waals surface area contributed by atoms with Gasteiger partial charge in [0.25, 0.3) is 0 Å². The van der Waals surface area contributed by atoms with Crippen LogP contribution >= 0.6 is 0 Å². The molecule has 0 unspecified atom stereocenters. The summed E-state index contributed by atoms with van der Waals surface area (Å²) in [6.07, 6.45) is 3.53. The minimum atomic E-state index is 0.853. The van der Waals surface area contributed by atoms with E-state index in [-0.39, 0.29) is 0 Å². The second kappa shape index (κ2) is 4.46. The summed E-state index contributed by atoms with van der Waals surface area (Å²) in [7, 11) is 1.66. The molecule has 76 valence electrons. The summed E-state index contributed by atoms with van der Waals surface area (Å²) in [5.74, 6) is 0.853. The molecule has 2 rings (SSSR count). The Labute approximate surface area is 88.7 Å². The van der Waals surface area contributed by atoms with Gasteiger partial charge in [0.1, 0.15) is 5.75 Å². The molecule has 0 atom stereocenters. The molecule has 0 saturated carbocycles. The van der Waals surface area contributed by atoms with E-state index in [1.807, 2.05) is 36.4 Å². The van der Waals surface area contributed by atoms with Crippen molar-refractivity contribution < 1.29 is 4.74 Å². The standard InChI is InChI=1S/C12H12N2O/c1-15-12-6-4-10(5-7-12)14-11-3-2-8-13-9-11/h2-9,14H,1H3. The fourth-order valence-electron chi connectivity index (χ4n) is 1.28. The SMILES string of the molecule is COc1ccc(Nc2cccnc2)cc1. The van der Waals surface area contributed by atoms with E-state index in [0.29, 0.717) is 0 Å². The van der Waals surface area contributed by atoms with Crippen molar-refractivity contribution in [2.24, 2.45) is 0 Å². The molecular weight excluding hydrogens is 188 g/mol. The fraction of sp³-hybridized carbons (Fsp3) is 0.0833. The highest BCUT2D eigenvalue weighted by atomic mass is 16.5. The van der Waals surface area contributed by atoms with Crippen molar-refractivity contribution in [3.05, 3.63) is 48.8 Å². The third kappa shape index (κ3) is 2.47. The number of hydrogen-bond donors (Lipinski definition) is 1. The number of methoxy groups -OCH3 is 1. The Morgan fingerprint density at radius 2 is 1.87 bits per heavy atom. The Balaban J connectivity index is 2.11. The Morgan fingerprint density at radius 1 is 1.07 bits per heavy atom. The Bertz CT molecular complexity index is 411. The normalized spacial score (nSPS) is 9.67. The van der Waals surface area contributed by atoms with Crippen molar-refractivity contribution >= 4 is 11.4 Å². The molecule has 1 N–H and O–H groups in total. The second-order valence-electron chi connectivity index (χ2n) is 3.10. The Hall–Kier alpha value is -2.03. The van der Waals surface area contributed by atoms with Crippen LogP contribution in [0.3, 0.4) is 0 Å². The first kappa shape index (κ1) is 9.52. The van der Waals surface area contributed by atoms with Gasteiger partial charge >= 0.3 is 0 Å². The molecule has 0 aliphatic heterocycles. The highest BCUT2D eigenvalue weighted by Gasteiger charge is 1.94. The smallest absolute Gasteiger partial charge is 0.119 e. The van der Waals surface area contributed by atoms with Gasteiger partial charge in [-0.05, 0) is 36.4 Å². The molecule has 0 aliphatic carbocycles. The molecule has 0 fully saturated rings. The summed E-state index contributed by atoms with van der Waals surface area (Å²) in [6.45, 7) is 0. The van der Waals surface area contributed by atoms with E-state index in [1.54, 1.807) is 19.5 Å². The molecule has 0 aliphatic rings. The van der Waals surface area contributed by atoms with Crippen molar-refractivity contribution in [1.82, 2.24) is 4.98 Å². The van der Waals surface area contributed by atoms with Crippen LogP contribution in [0.15, 0.2) is 48.8 Å². The molecule has 3 nitrogen and oxygen atoms in total. The molecule has 1 aromatic carbocycles. The molecule has 0 radical (unpaired) electrons. The molecule has 0 spiro atoms. The highest BCUT2D eigenvalue weighted by Crippen LogP contribution is 2.18. The summed E-state index contributed by atoms with van der Waals surface area (Å²) < 4.78 is 5.08. The maximum Gasteiger partial charge on any atom is 0.119 e. The largest absolute Gasteiger partial charge is 0.497 e. The van der Waals surface area contributed by atoms with Gasteiger partial charge in [-0.3, -0.25) is 4.98 Å². The third-order valence-electron chi connectivity index (χ3n) is 2.04. The lowest BCUT2D eigenvalue weighted by Crippen LogP contribution is -1.90. The minimum absolute atomic E-state index is 0.853. The number of nitrogens with one attached hydrogen (secondary N) is 1. The van der Waals surface area contributed by atoms with Crippen LogP contribution < -0.4 is 10.1 Å². The number of aromatic nitrogens is 1. The van der Waals surface area contributed by atoms with E-state index in [0.717, 1.165) is 17.1 Å². The first-order valence-electron chi connectivity index (χ1n) is 4.69. The van der Waals surface area contributed by atoms with Crippen LogP contribution in [-0.2, 0) is 0 Å². The van der Waals surface area contributed by atoms with Crippen LogP contribution in [0.5, 0.6) is 5.75 Å². The molecule has 3 heteroatoms. The van der Waals surface area contributed by atoms with Gasteiger partial charge in [-0.1, -0.05) is 0 Å². The molecule has 0 bridgehead atoms. The maximum atomic E-state index is 5.08. The number of rotatable bonds is 3. The van der Waals surface area contributed by atoms with E-state index >= 15 is 0 Å². The van der Waals surface area contributed by atoms with Crippen molar-refractivity contribution in [1.29, 1.82) is 0 Å². The Kier molecular flexibility index (Phi) is 2.83. The Morgan fingerprint density at radius 3 is 2.47 bits per heavy atom. The van der Waals surface area contributed by atoms with E-state index in [1.165, 1.54) is 0 Å². The highest BCUT2D eigenvalue weighted by molar-refractivity contribution is 5.59. The van der Waals surface area contributed by atoms with Gasteiger partial charge in [-0.15, -0.1) is 0 Å². The second-order valence-corrected chi connectivity index (χ2v) is 3.10. The lowest BCUT2D eigenvalue weighted by Gasteiger charge is -2.06. The van der Waals surface area contributed by atoms with Crippen molar-refractivity contribution in [3.63, 3.8) is 0 Å². The van der Waals surface area contributed by atoms with E-state index in [9.17, 15) is 0 Å². The summed E-state index contributed by atoms with van der Waals surface area (Å²) in [5, 5.41) is 3.24. The molecule has 0 amide bonds. The average Bonchev–Trinajstić information content (AvgIpc) is 2.31. The number of ether oxygens (including phenoxy) is 1. The van der Waals surface area contributed by atoms with Crippen molar-refractivity contribution in [2.45, 2.75) is 0 Å². The van der Waals surface area contributed by atoms with Gasteiger partial charge in [0.2, 0.25) is 0 Å². The van der Waals surface area contributed by atoms with Crippen molar-refractivity contribution in [2.75, 3.05) is 12.4 Å². The topological polar surface area (TPSA) is 34.1 Å². The predicted octanol–water partition coefficient (Wildman–Crippen LogP) is 2.83. The van der Waals surface area contributed by atoms with E-state index in [2.05, 4.69) is 10.3 Å². The molecule has 15 heavy (non-hydrogen) atoms. The van der Waals surface area contributed by atoms with Crippen LogP contribution in [0.2, 0.25) is 0 Å². The van der Waals surface area contributed by atoms with Gasteiger partial charge in [0.05, 0.1) is 19.0 Å². The van der Waals surface area contributed by atoms with Gasteiger partial charge in [0, 0.05) is 11.9 Å². The molecular formula is C12H12N2O. The van der Waals surface area contributed by atoms with Gasteiger partial charge in [-0.25, -0.2) is 0 Å². The van der Waals surface area contributed by atoms with Crippen LogP contribution in [0.4, 0.5) is 11.4 Å². The minimum Gasteiger partial charge on any atom is -0.497 e. The number of benzene rings is 1. The van der Waals surface area contributed by atoms with Crippen molar-refractivity contribution in [3.8, 4) is 5.75 Å². The summed E-state index contributed by atoms with van der Waals surface area (Å²) >= 11 is 0. The van der Waals surface area contributed by atoms with E-state index in [4.69, 9.17) is 4.74 Å². The van der Waals surface area contributed by atoms with Crippen LogP contribution in [0.1, 0.15) is 0 Å². The fourth-order valence-corrected chi connectivity index (χ4v) is 1.28. The predicted molar refractivity (Wildman–Crippen MR) is 60.5 cm³/mol. The van der Waals surface area contributed by atoms with Gasteiger partial charge in [0.15, 0.2) is 0 Å². The van der Waals surface area contributed by atoms with Gasteiger partial charge in [-0.2, -0.15) is 0 Å². The summed E-state index contributed by atoms with van der Waals surface area (Å²) in [5.41, 5.74) is 1.99. The van der Waals surface area contributed by atoms with Crippen LogP contribution in [0, 0.1) is 0 Å². The number of hydrogen-bond acceptors (Lipinski definition) is 3. The number of anilines is 2. The number of pyridine rings is 1. The summed E-state index contributed by atoms with van der Waals surface area (Å²) in [6, 6.07) is 11.6. The first-order chi connectivity index (χ1) is 7.38. The first-order valence-corrected chi connectivity index (χ1v) is 4.69. The molecule has 2 aromatic rings. The lowest BCUT2D eigenvalue weighted by molar-refractivity contribution is 0.415. The lowest BCUT2D eigenvalue weighted by atomic mass is 10.3. The number of nitrogens with zero attached hydrogens (tertiary/aromatic N) is 1. The quantitative estimate of drug-likeness (QED) is 0.827. The maximum absolute atomic E-state index is 5.08. The zero-order chi connectivity index (χ0) is 10.5. The summed E-state index contributed by atoms with van der Waals surface area (Å²) in [4.78, 5) is 4.03. The van der Waals surface area contributed by atoms with Gasteiger partial charge < -0.3 is 10.1 Å². The third-order valence-corrected chi connectivity index (χ3v) is 2.04. The molecule has 1 aromatic heterocycles. The zero-order valence-corrected chi connectivity index (χ0v) is 8.47. The monoisotopic (exact) mass is 200 g/mol. The molecule has 1 heterocycles. The van der Waals surface area contributed by atoms with Crippen LogP contribution in [-0.4, -0.2) is 12.1 Å². The average molecular weight is 200 g/mol. The van der Waals surface area contributed by atoms with Crippen LogP contribution in [0.25, 0.3) is 0 Å².